The number of hydrogen-bond acceptors (Lipinski definition) is 5. The third kappa shape index (κ3) is 5.87. The summed E-state index contributed by atoms with van der Waals surface area (Å²) in [6, 6.07) is 10.6. The number of amides is 2. The first-order valence-corrected chi connectivity index (χ1v) is 12.7. The van der Waals surface area contributed by atoms with Crippen molar-refractivity contribution in [2.24, 2.45) is 10.7 Å². The monoisotopic (exact) mass is 466 g/mol. The van der Waals surface area contributed by atoms with Gasteiger partial charge in [0.2, 0.25) is 5.91 Å². The maximum atomic E-state index is 13.1. The van der Waals surface area contributed by atoms with Crippen LogP contribution < -0.4 is 5.73 Å². The van der Waals surface area contributed by atoms with E-state index in [4.69, 9.17) is 10.5 Å². The summed E-state index contributed by atoms with van der Waals surface area (Å²) in [6.45, 7) is 6.70. The van der Waals surface area contributed by atoms with Crippen molar-refractivity contribution >= 4 is 17.5 Å². The Labute approximate surface area is 203 Å². The Hall–Kier alpha value is -2.67. The molecule has 3 atom stereocenters. The third-order valence-electron chi connectivity index (χ3n) is 7.21. The molecule has 4 rings (SSSR count). The second-order valence-corrected chi connectivity index (χ2v) is 9.90. The largest absolute Gasteiger partial charge is 0.394 e. The maximum absolute atomic E-state index is 13.1. The van der Waals surface area contributed by atoms with Crippen LogP contribution in [0.1, 0.15) is 63.9 Å². The van der Waals surface area contributed by atoms with Gasteiger partial charge in [0.15, 0.2) is 0 Å². The lowest BCUT2D eigenvalue weighted by Gasteiger charge is -2.35. The van der Waals surface area contributed by atoms with Crippen molar-refractivity contribution < 1.29 is 14.3 Å². The molecule has 7 heteroatoms. The van der Waals surface area contributed by atoms with Gasteiger partial charge in [-0.15, -0.1) is 0 Å². The molecular formula is C27H38N4O3. The molecule has 0 aromatic heterocycles. The number of likely N-dealkylation sites (tertiary alicyclic amines) is 1. The van der Waals surface area contributed by atoms with Gasteiger partial charge in [0, 0.05) is 37.5 Å². The van der Waals surface area contributed by atoms with Gasteiger partial charge < -0.3 is 20.3 Å². The van der Waals surface area contributed by atoms with Gasteiger partial charge in [0.1, 0.15) is 12.2 Å². The fourth-order valence-corrected chi connectivity index (χ4v) is 5.50. The van der Waals surface area contributed by atoms with Gasteiger partial charge in [-0.05, 0) is 63.9 Å². The third-order valence-corrected chi connectivity index (χ3v) is 7.21. The van der Waals surface area contributed by atoms with Gasteiger partial charge in [-0.3, -0.25) is 14.6 Å². The van der Waals surface area contributed by atoms with E-state index in [9.17, 15) is 9.59 Å². The number of aliphatic imine (C=N–C) groups is 1. The van der Waals surface area contributed by atoms with Crippen molar-refractivity contribution in [3.8, 4) is 0 Å². The van der Waals surface area contributed by atoms with Crippen molar-refractivity contribution in [1.82, 2.24) is 9.80 Å². The van der Waals surface area contributed by atoms with Crippen LogP contribution in [0.25, 0.3) is 0 Å². The molecule has 2 aliphatic heterocycles. The van der Waals surface area contributed by atoms with E-state index >= 15 is 0 Å². The predicted molar refractivity (Wildman–Crippen MR) is 134 cm³/mol. The van der Waals surface area contributed by atoms with Gasteiger partial charge >= 0.3 is 0 Å². The molecule has 0 radical (unpaired) electrons. The summed E-state index contributed by atoms with van der Waals surface area (Å²) in [7, 11) is 0. The highest BCUT2D eigenvalue weighted by Gasteiger charge is 2.30. The molecule has 2 N–H and O–H groups in total. The molecule has 1 aromatic carbocycles. The Morgan fingerprint density at radius 3 is 2.47 bits per heavy atom. The summed E-state index contributed by atoms with van der Waals surface area (Å²) in [5.41, 5.74) is 9.64. The number of ether oxygens (including phenoxy) is 1. The Balaban J connectivity index is 1.37. The number of benzene rings is 1. The van der Waals surface area contributed by atoms with Gasteiger partial charge in [-0.25, -0.2) is 0 Å². The number of nitrogens with two attached hydrogens (primary N) is 1. The lowest BCUT2D eigenvalue weighted by atomic mass is 9.92. The van der Waals surface area contributed by atoms with Crippen molar-refractivity contribution in [3.05, 3.63) is 47.2 Å². The van der Waals surface area contributed by atoms with E-state index in [0.717, 1.165) is 62.9 Å². The Morgan fingerprint density at radius 1 is 1.00 bits per heavy atom. The summed E-state index contributed by atoms with van der Waals surface area (Å²) < 4.78 is 5.74. The first kappa shape index (κ1) is 24.5. The van der Waals surface area contributed by atoms with E-state index in [1.165, 1.54) is 5.56 Å². The average Bonchev–Trinajstić information content (AvgIpc) is 3.16. The zero-order valence-electron chi connectivity index (χ0n) is 20.5. The number of hydrogen-bond donors (Lipinski definition) is 1. The van der Waals surface area contributed by atoms with Crippen LogP contribution in [-0.4, -0.2) is 72.3 Å². The minimum absolute atomic E-state index is 0.00468. The molecule has 3 fully saturated rings. The lowest BCUT2D eigenvalue weighted by molar-refractivity contribution is -0.139. The van der Waals surface area contributed by atoms with Gasteiger partial charge in [0.25, 0.3) is 5.91 Å². The van der Waals surface area contributed by atoms with Crippen molar-refractivity contribution in [2.45, 2.75) is 70.5 Å². The second kappa shape index (κ2) is 11.2. The van der Waals surface area contributed by atoms with Crippen molar-refractivity contribution in [2.75, 3.05) is 32.7 Å². The molecule has 1 saturated carbocycles. The van der Waals surface area contributed by atoms with E-state index in [0.29, 0.717) is 19.0 Å². The molecule has 184 valence electrons. The molecule has 1 aromatic rings. The Kier molecular flexibility index (Phi) is 8.03. The van der Waals surface area contributed by atoms with E-state index in [1.807, 2.05) is 24.8 Å². The molecule has 34 heavy (non-hydrogen) atoms. The summed E-state index contributed by atoms with van der Waals surface area (Å²) in [6.07, 6.45) is 5.50. The molecular weight excluding hydrogens is 428 g/mol. The van der Waals surface area contributed by atoms with Crippen molar-refractivity contribution in [3.63, 3.8) is 0 Å². The van der Waals surface area contributed by atoms with Crippen LogP contribution in [0.2, 0.25) is 0 Å². The summed E-state index contributed by atoms with van der Waals surface area (Å²) in [5.74, 6) is 0.428. The fourth-order valence-electron chi connectivity index (χ4n) is 5.50. The molecule has 2 amide bonds. The van der Waals surface area contributed by atoms with Crippen LogP contribution in [0.3, 0.4) is 0 Å². The summed E-state index contributed by atoms with van der Waals surface area (Å²) in [4.78, 5) is 34.4. The molecule has 7 nitrogen and oxygen atoms in total. The quantitative estimate of drug-likeness (QED) is 0.690. The minimum Gasteiger partial charge on any atom is -0.394 e. The molecule has 0 bridgehead atoms. The Bertz CT molecular complexity index is 932. The normalized spacial score (nSPS) is 28.6. The van der Waals surface area contributed by atoms with E-state index in [1.54, 1.807) is 4.90 Å². The van der Waals surface area contributed by atoms with E-state index < -0.39 is 0 Å². The zero-order chi connectivity index (χ0) is 24.1. The molecule has 2 saturated heterocycles. The minimum atomic E-state index is -0.141. The van der Waals surface area contributed by atoms with Crippen molar-refractivity contribution in [1.29, 1.82) is 0 Å². The van der Waals surface area contributed by atoms with Crippen LogP contribution in [0.15, 0.2) is 46.6 Å². The molecule has 0 spiro atoms. The molecule has 2 heterocycles. The van der Waals surface area contributed by atoms with Crippen LogP contribution in [0, 0.1) is 0 Å². The molecule has 1 unspecified atom stereocenters. The highest BCUT2D eigenvalue weighted by molar-refractivity contribution is 6.09. The number of nitrogens with zero attached hydrogens (tertiary/aromatic N) is 3. The second-order valence-electron chi connectivity index (χ2n) is 9.90. The van der Waals surface area contributed by atoms with Crippen LogP contribution >= 0.6 is 0 Å². The average molecular weight is 467 g/mol. The first-order valence-electron chi connectivity index (χ1n) is 12.7. The van der Waals surface area contributed by atoms with Crippen LogP contribution in [0.4, 0.5) is 0 Å². The number of allylic oxidation sites excluding steroid dienone is 1. The predicted octanol–water partition coefficient (Wildman–Crippen LogP) is 3.26. The molecule has 1 aliphatic carbocycles. The standard InChI is InChI=1S/C27H38N4O3/c1-19-17-31(18-20(2)34-19)27(33)26(28)23-11-6-12-24(23)29-16-25(32)30-14-7-10-22(13-15-30)21-8-4-3-5-9-21/h3-5,8-9,19-20,22H,6-7,10-18,28H2,1-2H3/b26-23-,29-24?/t19-,20+,22?. The SMILES string of the molecule is C[C@@H]1CN(C(=O)/C(N)=C2\CCCC2=NCC(=O)N2CCCC(c3ccccc3)CC2)C[C@H](C)O1. The van der Waals surface area contributed by atoms with Gasteiger partial charge in [0.05, 0.1) is 12.2 Å². The topological polar surface area (TPSA) is 88.2 Å². The van der Waals surface area contributed by atoms with Gasteiger partial charge in [-0.2, -0.15) is 0 Å². The smallest absolute Gasteiger partial charge is 0.270 e. The number of morpholine rings is 1. The number of rotatable bonds is 4. The summed E-state index contributed by atoms with van der Waals surface area (Å²) in [5, 5.41) is 0. The van der Waals surface area contributed by atoms with Crippen LogP contribution in [-0.2, 0) is 14.3 Å². The summed E-state index contributed by atoms with van der Waals surface area (Å²) >= 11 is 0. The lowest BCUT2D eigenvalue weighted by Crippen LogP contribution is -2.49. The van der Waals surface area contributed by atoms with E-state index in [-0.39, 0.29) is 36.3 Å². The number of carbonyl (C=O) groups excluding carboxylic acids is 2. The highest BCUT2D eigenvalue weighted by Crippen LogP contribution is 2.28. The highest BCUT2D eigenvalue weighted by atomic mass is 16.5. The fraction of sp³-hybridized carbons (Fsp3) is 0.593. The first-order chi connectivity index (χ1) is 16.4. The van der Waals surface area contributed by atoms with Crippen LogP contribution in [0.5, 0.6) is 0 Å². The van der Waals surface area contributed by atoms with Gasteiger partial charge in [-0.1, -0.05) is 30.3 Å². The maximum Gasteiger partial charge on any atom is 0.270 e. The van der Waals surface area contributed by atoms with E-state index in [2.05, 4.69) is 29.3 Å². The Morgan fingerprint density at radius 2 is 1.74 bits per heavy atom. The number of carbonyl (C=O) groups is 2. The zero-order valence-corrected chi connectivity index (χ0v) is 20.5. The molecule has 3 aliphatic rings.